The topological polar surface area (TPSA) is 153 Å². The molecule has 0 aliphatic carbocycles. The quantitative estimate of drug-likeness (QED) is 0.288. The van der Waals surface area contributed by atoms with Crippen LogP contribution in [-0.2, 0) is 9.53 Å². The van der Waals surface area contributed by atoms with Crippen molar-refractivity contribution >= 4 is 5.91 Å². The number of nitrogens with one attached hydrogen (secondary N) is 4. The lowest BCUT2D eigenvalue weighted by atomic mass is 9.96. The van der Waals surface area contributed by atoms with Gasteiger partial charge in [-0.15, -0.1) is 0 Å². The number of rotatable bonds is 6. The first-order valence-electron chi connectivity index (χ1n) is 9.35. The molecule has 26 heavy (non-hydrogen) atoms. The highest BCUT2D eigenvalue weighted by Crippen LogP contribution is 2.24. The third-order valence-corrected chi connectivity index (χ3v) is 5.33. The summed E-state index contributed by atoms with van der Waals surface area (Å²) in [4.78, 5) is 12.9. The van der Waals surface area contributed by atoms with Crippen LogP contribution >= 0.6 is 0 Å². The van der Waals surface area contributed by atoms with Crippen LogP contribution in [0.25, 0.3) is 0 Å². The van der Waals surface area contributed by atoms with Crippen molar-refractivity contribution in [3.8, 4) is 6.07 Å². The van der Waals surface area contributed by atoms with Crippen LogP contribution in [0.1, 0.15) is 12.8 Å². The lowest BCUT2D eigenvalue weighted by molar-refractivity contribution is -0.129. The molecule has 0 spiro atoms. The van der Waals surface area contributed by atoms with Crippen LogP contribution in [0, 0.1) is 23.2 Å². The molecule has 0 aromatic rings. The average Bonchev–Trinajstić information content (AvgIpc) is 2.96. The molecular formula is C16H30N8O2. The molecule has 1 amide bonds. The molecule has 6 unspecified atom stereocenters. The van der Waals surface area contributed by atoms with E-state index in [0.29, 0.717) is 39.2 Å². The van der Waals surface area contributed by atoms with Crippen LogP contribution in [-0.4, -0.2) is 74.7 Å². The molecule has 8 N–H and O–H groups in total. The third kappa shape index (κ3) is 4.32. The molecule has 3 rings (SSSR count). The molecule has 10 heteroatoms. The van der Waals surface area contributed by atoms with E-state index in [0.717, 1.165) is 13.0 Å². The van der Waals surface area contributed by atoms with Crippen molar-refractivity contribution in [1.82, 2.24) is 26.4 Å². The summed E-state index contributed by atoms with van der Waals surface area (Å²) in [7, 11) is 0. The van der Waals surface area contributed by atoms with Gasteiger partial charge in [0.1, 0.15) is 0 Å². The van der Waals surface area contributed by atoms with Gasteiger partial charge in [0, 0.05) is 32.6 Å². The largest absolute Gasteiger partial charge is 0.375 e. The predicted octanol–water partition coefficient (Wildman–Crippen LogP) is -3.01. The molecular weight excluding hydrogens is 336 g/mol. The molecule has 0 aromatic carbocycles. The summed E-state index contributed by atoms with van der Waals surface area (Å²) in [6, 6.07) is 2.11. The molecule has 10 nitrogen and oxygen atoms in total. The maximum atomic E-state index is 12.9. The van der Waals surface area contributed by atoms with E-state index in [4.69, 9.17) is 21.5 Å². The second kappa shape index (κ2) is 9.05. The van der Waals surface area contributed by atoms with E-state index in [1.807, 2.05) is 5.01 Å². The first-order chi connectivity index (χ1) is 12.6. The summed E-state index contributed by atoms with van der Waals surface area (Å²) >= 11 is 0. The van der Waals surface area contributed by atoms with Crippen molar-refractivity contribution in [3.63, 3.8) is 0 Å². The molecule has 6 atom stereocenters. The Morgan fingerprint density at radius 2 is 2.27 bits per heavy atom. The van der Waals surface area contributed by atoms with Gasteiger partial charge in [-0.1, -0.05) is 0 Å². The molecule has 0 aromatic heterocycles. The Labute approximate surface area is 153 Å². The Bertz CT molecular complexity index is 527. The summed E-state index contributed by atoms with van der Waals surface area (Å²) in [5.41, 5.74) is 14.9. The Balaban J connectivity index is 1.59. The monoisotopic (exact) mass is 366 g/mol. The molecule has 146 valence electrons. The summed E-state index contributed by atoms with van der Waals surface area (Å²) < 4.78 is 5.80. The molecule has 0 radical (unpaired) electrons. The number of hydrogen-bond donors (Lipinski definition) is 6. The Morgan fingerprint density at radius 1 is 1.42 bits per heavy atom. The summed E-state index contributed by atoms with van der Waals surface area (Å²) in [5.74, 6) is -0.261. The lowest BCUT2D eigenvalue weighted by Crippen LogP contribution is -2.60. The van der Waals surface area contributed by atoms with Gasteiger partial charge in [0.25, 0.3) is 0 Å². The van der Waals surface area contributed by atoms with Gasteiger partial charge in [0.15, 0.2) is 0 Å². The van der Waals surface area contributed by atoms with Gasteiger partial charge in [-0.3, -0.25) is 10.1 Å². The van der Waals surface area contributed by atoms with E-state index in [2.05, 4.69) is 27.4 Å². The molecule has 3 aliphatic rings. The molecule has 3 aliphatic heterocycles. The van der Waals surface area contributed by atoms with E-state index < -0.39 is 12.1 Å². The number of ether oxygens (including phenoxy) is 1. The summed E-state index contributed by atoms with van der Waals surface area (Å²) in [5, 5.41) is 20.6. The van der Waals surface area contributed by atoms with E-state index in [9.17, 15) is 4.79 Å². The van der Waals surface area contributed by atoms with E-state index >= 15 is 0 Å². The SMILES string of the molecule is N#CCC1CNC2C(C(=O)NC3CNCCC3OCCN)C(N)NN2C1. The minimum absolute atomic E-state index is 0.0373. The summed E-state index contributed by atoms with van der Waals surface area (Å²) in [6.45, 7) is 3.90. The normalized spacial score (nSPS) is 37.7. The Hall–Kier alpha value is -1.32. The molecule has 0 bridgehead atoms. The van der Waals surface area contributed by atoms with Crippen LogP contribution in [0.3, 0.4) is 0 Å². The van der Waals surface area contributed by atoms with Gasteiger partial charge < -0.3 is 26.8 Å². The van der Waals surface area contributed by atoms with Crippen LogP contribution in [0.15, 0.2) is 0 Å². The van der Waals surface area contributed by atoms with Gasteiger partial charge in [-0.2, -0.15) is 5.26 Å². The average molecular weight is 366 g/mol. The van der Waals surface area contributed by atoms with Gasteiger partial charge >= 0.3 is 0 Å². The van der Waals surface area contributed by atoms with Crippen molar-refractivity contribution < 1.29 is 9.53 Å². The first-order valence-corrected chi connectivity index (χ1v) is 9.35. The van der Waals surface area contributed by atoms with Crippen LogP contribution in [0.4, 0.5) is 0 Å². The van der Waals surface area contributed by atoms with E-state index in [-0.39, 0.29) is 30.1 Å². The summed E-state index contributed by atoms with van der Waals surface area (Å²) in [6.07, 6.45) is 0.652. The molecule has 3 fully saturated rings. The number of carbonyl (C=O) groups excluding carboxylic acids is 1. The standard InChI is InChI=1S/C16H30N8O2/c17-3-1-10-7-21-15-13(14(19)23-24(15)9-10)16(25)22-11-8-20-5-2-12(11)26-6-4-18/h10-15,20-21,23H,1-2,4-9,18-19H2,(H,22,25). The Kier molecular flexibility index (Phi) is 6.77. The zero-order chi connectivity index (χ0) is 18.5. The van der Waals surface area contributed by atoms with Gasteiger partial charge in [0.2, 0.25) is 5.91 Å². The first kappa shape index (κ1) is 19.4. The van der Waals surface area contributed by atoms with Crippen LogP contribution in [0.2, 0.25) is 0 Å². The van der Waals surface area contributed by atoms with Crippen molar-refractivity contribution in [2.24, 2.45) is 23.3 Å². The number of nitrogens with zero attached hydrogens (tertiary/aromatic N) is 2. The van der Waals surface area contributed by atoms with Crippen molar-refractivity contribution in [1.29, 1.82) is 5.26 Å². The molecule has 3 saturated heterocycles. The highest BCUT2D eigenvalue weighted by Gasteiger charge is 2.47. The second-order valence-corrected chi connectivity index (χ2v) is 7.22. The lowest BCUT2D eigenvalue weighted by Gasteiger charge is -2.37. The van der Waals surface area contributed by atoms with E-state index in [1.165, 1.54) is 0 Å². The fourth-order valence-corrected chi connectivity index (χ4v) is 4.02. The van der Waals surface area contributed by atoms with Crippen molar-refractivity contribution in [3.05, 3.63) is 0 Å². The Morgan fingerprint density at radius 3 is 3.04 bits per heavy atom. The fourth-order valence-electron chi connectivity index (χ4n) is 4.02. The molecule has 0 saturated carbocycles. The fraction of sp³-hybridized carbons (Fsp3) is 0.875. The van der Waals surface area contributed by atoms with Crippen LogP contribution < -0.4 is 32.8 Å². The van der Waals surface area contributed by atoms with E-state index in [1.54, 1.807) is 0 Å². The zero-order valence-corrected chi connectivity index (χ0v) is 15.0. The number of nitriles is 1. The maximum absolute atomic E-state index is 12.9. The van der Waals surface area contributed by atoms with Gasteiger partial charge in [0.05, 0.1) is 43.1 Å². The zero-order valence-electron chi connectivity index (χ0n) is 15.0. The maximum Gasteiger partial charge on any atom is 0.229 e. The number of hydrazine groups is 1. The third-order valence-electron chi connectivity index (χ3n) is 5.33. The van der Waals surface area contributed by atoms with Crippen LogP contribution in [0.5, 0.6) is 0 Å². The second-order valence-electron chi connectivity index (χ2n) is 7.22. The number of hydrogen-bond acceptors (Lipinski definition) is 9. The van der Waals surface area contributed by atoms with Crippen molar-refractivity contribution in [2.75, 3.05) is 39.3 Å². The minimum atomic E-state index is -0.465. The van der Waals surface area contributed by atoms with Gasteiger partial charge in [-0.25, -0.2) is 10.4 Å². The van der Waals surface area contributed by atoms with Crippen molar-refractivity contribution in [2.45, 2.75) is 37.3 Å². The highest BCUT2D eigenvalue weighted by atomic mass is 16.5. The predicted molar refractivity (Wildman–Crippen MR) is 95.0 cm³/mol. The number of carbonyl (C=O) groups is 1. The minimum Gasteiger partial charge on any atom is -0.375 e. The molecule has 3 heterocycles. The number of piperidine rings is 1. The number of amides is 1. The number of fused-ring (bicyclic) bond motifs is 1. The number of nitrogens with two attached hydrogens (primary N) is 2. The highest BCUT2D eigenvalue weighted by molar-refractivity contribution is 5.80. The van der Waals surface area contributed by atoms with Gasteiger partial charge in [-0.05, 0) is 18.9 Å². The smallest absolute Gasteiger partial charge is 0.229 e.